The molecule has 10 heteroatoms. The average Bonchev–Trinajstić information content (AvgIpc) is 3.57. The molecule has 4 atom stereocenters. The van der Waals surface area contributed by atoms with E-state index in [1.54, 1.807) is 11.3 Å². The molecule has 1 aromatic heterocycles. The Morgan fingerprint density at radius 2 is 1.79 bits per heavy atom. The Morgan fingerprint density at radius 3 is 2.40 bits per heavy atom. The Hall–Kier alpha value is -3.60. The highest BCUT2D eigenvalue weighted by molar-refractivity contribution is 7.13. The summed E-state index contributed by atoms with van der Waals surface area (Å²) in [6, 6.07) is 15.7. The first-order valence-electron chi connectivity index (χ1n) is 14.3. The van der Waals surface area contributed by atoms with Crippen LogP contribution in [0.5, 0.6) is 0 Å². The molecule has 4 rings (SSSR count). The largest absolute Gasteiger partial charge is 0.391 e. The third-order valence-electron chi connectivity index (χ3n) is 7.55. The summed E-state index contributed by atoms with van der Waals surface area (Å²) < 4.78 is 0. The van der Waals surface area contributed by atoms with Gasteiger partial charge in [0.2, 0.25) is 17.7 Å². The molecular weight excluding hydrogens is 550 g/mol. The van der Waals surface area contributed by atoms with Crippen molar-refractivity contribution in [1.29, 1.82) is 0 Å². The SMILES string of the molecule is Cc1ncsc1-c1ccc([C@H](C)NC(=O)[C@@H]2C[C@@H](O)CN2C(=O)[C@@H](NCC(=O)NCc2ccccc2)C(C)(C)C)cc1. The molecule has 0 saturated carbocycles. The van der Waals surface area contributed by atoms with E-state index in [0.717, 1.165) is 27.3 Å². The van der Waals surface area contributed by atoms with Crippen LogP contribution in [-0.4, -0.2) is 64.0 Å². The maximum atomic E-state index is 13.8. The van der Waals surface area contributed by atoms with Gasteiger partial charge in [-0.15, -0.1) is 11.3 Å². The van der Waals surface area contributed by atoms with Gasteiger partial charge in [0.15, 0.2) is 0 Å². The van der Waals surface area contributed by atoms with Gasteiger partial charge in [0.25, 0.3) is 0 Å². The van der Waals surface area contributed by atoms with Gasteiger partial charge in [-0.25, -0.2) is 4.98 Å². The Morgan fingerprint density at radius 1 is 1.10 bits per heavy atom. The first-order valence-corrected chi connectivity index (χ1v) is 15.2. The van der Waals surface area contributed by atoms with Crippen LogP contribution in [0, 0.1) is 12.3 Å². The van der Waals surface area contributed by atoms with E-state index in [2.05, 4.69) is 20.9 Å². The Kier molecular flexibility index (Phi) is 10.1. The Bertz CT molecular complexity index is 1370. The van der Waals surface area contributed by atoms with Gasteiger partial charge in [-0.05, 0) is 36.0 Å². The molecule has 9 nitrogen and oxygen atoms in total. The lowest BCUT2D eigenvalue weighted by Gasteiger charge is -2.35. The number of hydrogen-bond acceptors (Lipinski definition) is 7. The van der Waals surface area contributed by atoms with Gasteiger partial charge < -0.3 is 20.6 Å². The summed E-state index contributed by atoms with van der Waals surface area (Å²) in [5, 5.41) is 19.5. The number of benzene rings is 2. The average molecular weight is 592 g/mol. The van der Waals surface area contributed by atoms with Gasteiger partial charge >= 0.3 is 0 Å². The van der Waals surface area contributed by atoms with Crippen LogP contribution in [0.3, 0.4) is 0 Å². The van der Waals surface area contributed by atoms with Crippen molar-refractivity contribution < 1.29 is 19.5 Å². The van der Waals surface area contributed by atoms with Crippen LogP contribution in [0.25, 0.3) is 10.4 Å². The van der Waals surface area contributed by atoms with Gasteiger partial charge in [0, 0.05) is 19.5 Å². The molecule has 1 aliphatic rings. The molecule has 4 N–H and O–H groups in total. The summed E-state index contributed by atoms with van der Waals surface area (Å²) in [6.07, 6.45) is -0.654. The van der Waals surface area contributed by atoms with E-state index in [1.807, 2.05) is 94.7 Å². The molecule has 1 fully saturated rings. The Balaban J connectivity index is 1.38. The summed E-state index contributed by atoms with van der Waals surface area (Å²) in [5.74, 6) is -0.864. The van der Waals surface area contributed by atoms with Gasteiger partial charge in [-0.3, -0.25) is 19.7 Å². The monoisotopic (exact) mass is 591 g/mol. The molecule has 0 unspecified atom stereocenters. The number of β-amino-alcohol motifs (C(OH)–C–C–N with tert-alkyl or cyclic N) is 1. The van der Waals surface area contributed by atoms with E-state index < -0.39 is 23.6 Å². The fourth-order valence-corrected chi connectivity index (χ4v) is 6.00. The normalized spacial score (nSPS) is 18.4. The molecule has 3 amide bonds. The molecule has 1 saturated heterocycles. The quantitative estimate of drug-likeness (QED) is 0.286. The highest BCUT2D eigenvalue weighted by atomic mass is 32.1. The smallest absolute Gasteiger partial charge is 0.243 e. The fourth-order valence-electron chi connectivity index (χ4n) is 5.18. The third-order valence-corrected chi connectivity index (χ3v) is 8.53. The predicted molar refractivity (Wildman–Crippen MR) is 165 cm³/mol. The van der Waals surface area contributed by atoms with Crippen LogP contribution < -0.4 is 16.0 Å². The fraction of sp³-hybridized carbons (Fsp3) is 0.438. The molecule has 2 heterocycles. The number of thiazole rings is 1. The van der Waals surface area contributed by atoms with Crippen molar-refractivity contribution in [1.82, 2.24) is 25.8 Å². The Labute approximate surface area is 251 Å². The number of aromatic nitrogens is 1. The van der Waals surface area contributed by atoms with E-state index in [1.165, 1.54) is 4.90 Å². The second-order valence-corrected chi connectivity index (χ2v) is 12.8. The number of aliphatic hydroxyl groups is 1. The van der Waals surface area contributed by atoms with Crippen molar-refractivity contribution in [3.05, 3.63) is 76.9 Å². The van der Waals surface area contributed by atoms with Crippen LogP contribution in [0.4, 0.5) is 0 Å². The molecule has 0 spiro atoms. The number of nitrogens with zero attached hydrogens (tertiary/aromatic N) is 2. The zero-order valence-electron chi connectivity index (χ0n) is 24.9. The minimum Gasteiger partial charge on any atom is -0.391 e. The van der Waals surface area contributed by atoms with E-state index in [9.17, 15) is 19.5 Å². The van der Waals surface area contributed by atoms with Crippen LogP contribution in [0.2, 0.25) is 0 Å². The van der Waals surface area contributed by atoms with Crippen molar-refractivity contribution in [3.8, 4) is 10.4 Å². The predicted octanol–water partition coefficient (Wildman–Crippen LogP) is 3.58. The van der Waals surface area contributed by atoms with Crippen molar-refractivity contribution in [2.24, 2.45) is 5.41 Å². The van der Waals surface area contributed by atoms with Crippen molar-refractivity contribution in [3.63, 3.8) is 0 Å². The summed E-state index contributed by atoms with van der Waals surface area (Å²) in [6.45, 7) is 10.00. The molecule has 0 radical (unpaired) electrons. The maximum Gasteiger partial charge on any atom is 0.243 e. The van der Waals surface area contributed by atoms with Crippen molar-refractivity contribution in [2.45, 2.75) is 71.8 Å². The molecule has 224 valence electrons. The number of amides is 3. The summed E-state index contributed by atoms with van der Waals surface area (Å²) in [5.41, 5.74) is 5.25. The molecule has 0 bridgehead atoms. The van der Waals surface area contributed by atoms with Crippen molar-refractivity contribution >= 4 is 29.1 Å². The standard InChI is InChI=1S/C32H41N5O4S/c1-20(23-11-13-24(14-12-23)28-21(2)35-19-42-28)36-30(40)26-15-25(38)18-37(26)31(41)29(32(3,4)5)34-17-27(39)33-16-22-9-7-6-8-10-22/h6-14,19-20,25-26,29,34,38H,15-18H2,1-5H3,(H,33,39)(H,36,40)/t20-,25+,26-,29+/m0/s1. The minimum absolute atomic E-state index is 0.0537. The first-order chi connectivity index (χ1) is 19.9. The van der Waals surface area contributed by atoms with Gasteiger partial charge in [-0.1, -0.05) is 75.4 Å². The van der Waals surface area contributed by atoms with E-state index in [0.29, 0.717) is 6.54 Å². The number of nitrogens with one attached hydrogen (secondary N) is 3. The van der Waals surface area contributed by atoms with Crippen LogP contribution in [-0.2, 0) is 20.9 Å². The number of carbonyl (C=O) groups is 3. The molecular formula is C32H41N5O4S. The highest BCUT2D eigenvalue weighted by Gasteiger charge is 2.44. The molecule has 0 aliphatic carbocycles. The number of aliphatic hydroxyl groups excluding tert-OH is 1. The van der Waals surface area contributed by atoms with E-state index >= 15 is 0 Å². The topological polar surface area (TPSA) is 124 Å². The minimum atomic E-state index is -0.812. The molecule has 3 aromatic rings. The number of aryl methyl sites for hydroxylation is 1. The second-order valence-electron chi connectivity index (χ2n) is 12.0. The van der Waals surface area contributed by atoms with Gasteiger partial charge in [-0.2, -0.15) is 0 Å². The van der Waals surface area contributed by atoms with E-state index in [4.69, 9.17) is 0 Å². The molecule has 42 heavy (non-hydrogen) atoms. The lowest BCUT2D eigenvalue weighted by molar-refractivity contribution is -0.142. The zero-order valence-corrected chi connectivity index (χ0v) is 25.7. The summed E-state index contributed by atoms with van der Waals surface area (Å²) in [4.78, 5) is 46.7. The molecule has 2 aromatic carbocycles. The van der Waals surface area contributed by atoms with E-state index in [-0.39, 0.29) is 43.3 Å². The first kappa shape index (κ1) is 31.3. The summed E-state index contributed by atoms with van der Waals surface area (Å²) >= 11 is 1.59. The number of carbonyl (C=O) groups excluding carboxylic acids is 3. The van der Waals surface area contributed by atoms with Crippen LogP contribution >= 0.6 is 11.3 Å². The number of likely N-dealkylation sites (tertiary alicyclic amines) is 1. The van der Waals surface area contributed by atoms with Crippen LogP contribution in [0.1, 0.15) is 57.0 Å². The lowest BCUT2D eigenvalue weighted by atomic mass is 9.85. The van der Waals surface area contributed by atoms with Crippen LogP contribution in [0.15, 0.2) is 60.1 Å². The maximum absolute atomic E-state index is 13.8. The van der Waals surface area contributed by atoms with Gasteiger partial charge in [0.05, 0.1) is 40.8 Å². The number of rotatable bonds is 10. The number of hydrogen-bond donors (Lipinski definition) is 4. The molecule has 1 aliphatic heterocycles. The third kappa shape index (κ3) is 7.81. The zero-order chi connectivity index (χ0) is 30.4. The van der Waals surface area contributed by atoms with Crippen molar-refractivity contribution in [2.75, 3.05) is 13.1 Å². The summed E-state index contributed by atoms with van der Waals surface area (Å²) in [7, 11) is 0. The second kappa shape index (κ2) is 13.6. The van der Waals surface area contributed by atoms with Gasteiger partial charge in [0.1, 0.15) is 6.04 Å². The lowest BCUT2D eigenvalue weighted by Crippen LogP contribution is -2.57. The highest BCUT2D eigenvalue weighted by Crippen LogP contribution is 2.29.